The highest BCUT2D eigenvalue weighted by Gasteiger charge is 2.35. The van der Waals surface area contributed by atoms with E-state index in [9.17, 15) is 14.9 Å². The third-order valence-electron chi connectivity index (χ3n) is 7.19. The van der Waals surface area contributed by atoms with Crippen molar-refractivity contribution in [3.8, 4) is 22.9 Å². The number of carbonyl (C=O) groups excluding carboxylic acids is 1. The van der Waals surface area contributed by atoms with E-state index < -0.39 is 11.0 Å². The molecule has 11 heteroatoms. The maximum atomic E-state index is 14.0. The van der Waals surface area contributed by atoms with Crippen LogP contribution < -0.4 is 20.1 Å². The molecule has 0 saturated carbocycles. The van der Waals surface area contributed by atoms with Crippen LogP contribution in [0.1, 0.15) is 24.1 Å². The Labute approximate surface area is 252 Å². The number of carbonyl (C=O) groups is 1. The van der Waals surface area contributed by atoms with E-state index in [0.717, 1.165) is 11.1 Å². The Kier molecular flexibility index (Phi) is 7.75. The minimum absolute atomic E-state index is 0.0748. The lowest BCUT2D eigenvalue weighted by atomic mass is 9.94. The summed E-state index contributed by atoms with van der Waals surface area (Å²) < 4.78 is 13.2. The second-order valence-corrected chi connectivity index (χ2v) is 10.1. The van der Waals surface area contributed by atoms with Crippen LogP contribution in [0.25, 0.3) is 11.4 Å². The molecule has 44 heavy (non-hydrogen) atoms. The zero-order valence-corrected chi connectivity index (χ0v) is 23.9. The zero-order chi connectivity index (χ0) is 30.6. The molecule has 220 valence electrons. The maximum Gasteiger partial charge on any atom is 0.270 e. The first-order valence-electron chi connectivity index (χ1n) is 13.8. The van der Waals surface area contributed by atoms with Gasteiger partial charge in [-0.25, -0.2) is 4.68 Å². The predicted molar refractivity (Wildman–Crippen MR) is 165 cm³/mol. The number of hydrogen-bond acceptors (Lipinski definition) is 8. The smallest absolute Gasteiger partial charge is 0.270 e. The fourth-order valence-electron chi connectivity index (χ4n) is 5.09. The summed E-state index contributed by atoms with van der Waals surface area (Å²) in [6, 6.07) is 29.9. The SMILES string of the molecule is COc1ccccc1NC(=O)C1=C(C)Nc2nc(-c3cccc([N+](=O)[O-])c3)nn2C1c1cccc(OCc2ccccc2)c1. The van der Waals surface area contributed by atoms with Crippen molar-refractivity contribution in [2.75, 3.05) is 17.7 Å². The predicted octanol–water partition coefficient (Wildman–Crippen LogP) is 6.37. The Morgan fingerprint density at radius 3 is 2.57 bits per heavy atom. The summed E-state index contributed by atoms with van der Waals surface area (Å²) in [6.45, 7) is 2.17. The average Bonchev–Trinajstić information content (AvgIpc) is 3.47. The summed E-state index contributed by atoms with van der Waals surface area (Å²) in [7, 11) is 1.54. The van der Waals surface area contributed by atoms with Crippen molar-refractivity contribution in [3.63, 3.8) is 0 Å². The van der Waals surface area contributed by atoms with Crippen LogP contribution in [-0.2, 0) is 11.4 Å². The molecule has 11 nitrogen and oxygen atoms in total. The van der Waals surface area contributed by atoms with E-state index in [1.165, 1.54) is 12.1 Å². The summed E-state index contributed by atoms with van der Waals surface area (Å²) in [4.78, 5) is 29.6. The van der Waals surface area contributed by atoms with Gasteiger partial charge in [0.15, 0.2) is 5.82 Å². The standard InChI is InChI=1S/C33H28N6O5/c1-21-29(32(40)35-27-16-6-7-17-28(27)43-2)30(23-12-9-15-26(19-23)44-20-22-10-4-3-5-11-22)38-33(34-21)36-31(37-38)24-13-8-14-25(18-24)39(41)42/h3-19,30H,20H2,1-2H3,(H,35,40)(H,34,36,37). The number of fused-ring (bicyclic) bond motifs is 1. The monoisotopic (exact) mass is 588 g/mol. The molecule has 0 radical (unpaired) electrons. The molecule has 2 heterocycles. The molecule has 5 aromatic rings. The van der Waals surface area contributed by atoms with Gasteiger partial charge in [0.2, 0.25) is 5.95 Å². The molecular formula is C33H28N6O5. The highest BCUT2D eigenvalue weighted by Crippen LogP contribution is 2.38. The van der Waals surface area contributed by atoms with E-state index in [1.807, 2.05) is 66.7 Å². The van der Waals surface area contributed by atoms with Gasteiger partial charge in [-0.1, -0.05) is 66.7 Å². The summed E-state index contributed by atoms with van der Waals surface area (Å²) in [6.07, 6.45) is 0. The van der Waals surface area contributed by atoms with Crippen molar-refractivity contribution in [1.29, 1.82) is 0 Å². The summed E-state index contributed by atoms with van der Waals surface area (Å²) in [5.41, 5.74) is 3.64. The molecule has 1 atom stereocenters. The number of nitro groups is 1. The number of non-ortho nitro benzene ring substituents is 1. The second-order valence-electron chi connectivity index (χ2n) is 10.1. The van der Waals surface area contributed by atoms with Crippen molar-refractivity contribution in [3.05, 3.63) is 136 Å². The number of allylic oxidation sites excluding steroid dienone is 1. The number of benzene rings is 4. The highest BCUT2D eigenvalue weighted by atomic mass is 16.6. The maximum absolute atomic E-state index is 14.0. The van der Waals surface area contributed by atoms with Crippen molar-refractivity contribution in [1.82, 2.24) is 14.8 Å². The lowest BCUT2D eigenvalue weighted by Gasteiger charge is -2.29. The van der Waals surface area contributed by atoms with Gasteiger partial charge >= 0.3 is 0 Å². The third kappa shape index (κ3) is 5.71. The van der Waals surface area contributed by atoms with E-state index >= 15 is 0 Å². The van der Waals surface area contributed by atoms with Crippen LogP contribution in [0.2, 0.25) is 0 Å². The van der Waals surface area contributed by atoms with Gasteiger partial charge in [-0.15, -0.1) is 5.10 Å². The van der Waals surface area contributed by atoms with Crippen LogP contribution in [0.15, 0.2) is 114 Å². The van der Waals surface area contributed by atoms with Crippen molar-refractivity contribution >= 4 is 23.2 Å². The summed E-state index contributed by atoms with van der Waals surface area (Å²) >= 11 is 0. The first-order chi connectivity index (χ1) is 21.4. The molecule has 1 aromatic heterocycles. The largest absolute Gasteiger partial charge is 0.495 e. The number of nitro benzene ring substituents is 1. The number of nitrogens with zero attached hydrogens (tertiary/aromatic N) is 4. The van der Waals surface area contributed by atoms with Crippen LogP contribution >= 0.6 is 0 Å². The zero-order valence-electron chi connectivity index (χ0n) is 23.9. The molecule has 1 aliphatic heterocycles. The van der Waals surface area contributed by atoms with Crippen LogP contribution in [0.4, 0.5) is 17.3 Å². The van der Waals surface area contributed by atoms with Crippen molar-refractivity contribution < 1.29 is 19.2 Å². The lowest BCUT2D eigenvalue weighted by Crippen LogP contribution is -2.31. The molecule has 1 aliphatic rings. The molecule has 2 N–H and O–H groups in total. The number of nitrogens with one attached hydrogen (secondary N) is 2. The Balaban J connectivity index is 1.41. The van der Waals surface area contributed by atoms with Crippen molar-refractivity contribution in [2.45, 2.75) is 19.6 Å². The number of hydrogen-bond donors (Lipinski definition) is 2. The van der Waals surface area contributed by atoms with Gasteiger partial charge in [0.25, 0.3) is 11.6 Å². The van der Waals surface area contributed by atoms with Crippen LogP contribution in [-0.4, -0.2) is 32.7 Å². The molecule has 0 aliphatic carbocycles. The quantitative estimate of drug-likeness (QED) is 0.150. The number of amides is 1. The molecule has 0 saturated heterocycles. The third-order valence-corrected chi connectivity index (χ3v) is 7.19. The van der Waals surface area contributed by atoms with Crippen LogP contribution in [0, 0.1) is 10.1 Å². The molecule has 1 amide bonds. The second kappa shape index (κ2) is 12.1. The first-order valence-corrected chi connectivity index (χ1v) is 13.8. The number of aromatic nitrogens is 3. The van der Waals surface area contributed by atoms with Crippen LogP contribution in [0.3, 0.4) is 0 Å². The molecular weight excluding hydrogens is 560 g/mol. The van der Waals surface area contributed by atoms with Gasteiger partial charge < -0.3 is 20.1 Å². The Hall–Kier alpha value is -5.97. The molecule has 1 unspecified atom stereocenters. The molecule has 6 rings (SSSR count). The van der Waals surface area contributed by atoms with Gasteiger partial charge in [0.1, 0.15) is 24.1 Å². The number of methoxy groups -OCH3 is 1. The summed E-state index contributed by atoms with van der Waals surface area (Å²) in [5, 5.41) is 22.4. The number of rotatable bonds is 9. The molecule has 0 bridgehead atoms. The minimum atomic E-state index is -0.707. The lowest BCUT2D eigenvalue weighted by molar-refractivity contribution is -0.384. The highest BCUT2D eigenvalue weighted by molar-refractivity contribution is 6.06. The van der Waals surface area contributed by atoms with Gasteiger partial charge in [-0.3, -0.25) is 14.9 Å². The minimum Gasteiger partial charge on any atom is -0.495 e. The van der Waals surface area contributed by atoms with E-state index in [2.05, 4.69) is 15.6 Å². The average molecular weight is 589 g/mol. The topological polar surface area (TPSA) is 133 Å². The summed E-state index contributed by atoms with van der Waals surface area (Å²) in [5.74, 6) is 1.44. The van der Waals surface area contributed by atoms with Gasteiger partial charge in [-0.05, 0) is 42.3 Å². The van der Waals surface area contributed by atoms with E-state index in [4.69, 9.17) is 14.6 Å². The Bertz CT molecular complexity index is 1880. The molecule has 0 spiro atoms. The Morgan fingerprint density at radius 2 is 1.77 bits per heavy atom. The molecule has 4 aromatic carbocycles. The number of para-hydroxylation sites is 2. The fourth-order valence-corrected chi connectivity index (χ4v) is 5.09. The van der Waals surface area contributed by atoms with Crippen molar-refractivity contribution in [2.24, 2.45) is 0 Å². The first kappa shape index (κ1) is 28.2. The van der Waals surface area contributed by atoms with Gasteiger partial charge in [0.05, 0.1) is 23.3 Å². The molecule has 0 fully saturated rings. The van der Waals surface area contributed by atoms with E-state index in [1.54, 1.807) is 43.0 Å². The fraction of sp³-hybridized carbons (Fsp3) is 0.121. The number of ether oxygens (including phenoxy) is 2. The van der Waals surface area contributed by atoms with Crippen LogP contribution in [0.5, 0.6) is 11.5 Å². The number of anilines is 2. The van der Waals surface area contributed by atoms with Gasteiger partial charge in [0, 0.05) is 23.4 Å². The van der Waals surface area contributed by atoms with E-state index in [-0.39, 0.29) is 17.4 Å². The van der Waals surface area contributed by atoms with E-state index in [0.29, 0.717) is 46.6 Å². The van der Waals surface area contributed by atoms with Gasteiger partial charge in [-0.2, -0.15) is 4.98 Å². The normalized spacial score (nSPS) is 13.9. The Morgan fingerprint density at radius 1 is 1.00 bits per heavy atom.